The average molecular weight is 396 g/mol. The summed E-state index contributed by atoms with van der Waals surface area (Å²) in [5, 5.41) is 9.06. The van der Waals surface area contributed by atoms with Crippen molar-refractivity contribution >= 4 is 12.1 Å². The van der Waals surface area contributed by atoms with Crippen molar-refractivity contribution in [3.05, 3.63) is 71.8 Å². The maximum Gasteiger partial charge on any atom is 0.410 e. The molecular weight excluding hydrogens is 368 g/mol. The Balaban J connectivity index is 1.55. The SMILES string of the molecule is O=C(O)CCN(CCN(C(=O)OCc1ccccc1)C1CC1)Cc1ccccc1. The van der Waals surface area contributed by atoms with Crippen molar-refractivity contribution in [2.75, 3.05) is 19.6 Å². The number of aliphatic carboxylic acids is 1. The Labute approximate surface area is 171 Å². The summed E-state index contributed by atoms with van der Waals surface area (Å²) < 4.78 is 5.51. The highest BCUT2D eigenvalue weighted by Gasteiger charge is 2.33. The van der Waals surface area contributed by atoms with Crippen molar-refractivity contribution in [1.82, 2.24) is 9.80 Å². The number of hydrogen-bond acceptors (Lipinski definition) is 4. The quantitative estimate of drug-likeness (QED) is 0.626. The van der Waals surface area contributed by atoms with Gasteiger partial charge in [0.1, 0.15) is 6.61 Å². The third-order valence-electron chi connectivity index (χ3n) is 4.98. The molecule has 2 aromatic rings. The van der Waals surface area contributed by atoms with E-state index >= 15 is 0 Å². The lowest BCUT2D eigenvalue weighted by atomic mass is 10.2. The van der Waals surface area contributed by atoms with Gasteiger partial charge in [-0.2, -0.15) is 0 Å². The number of rotatable bonds is 11. The molecule has 0 aromatic heterocycles. The fourth-order valence-electron chi connectivity index (χ4n) is 3.23. The lowest BCUT2D eigenvalue weighted by Gasteiger charge is -2.27. The maximum absolute atomic E-state index is 12.6. The van der Waals surface area contributed by atoms with Crippen molar-refractivity contribution in [3.8, 4) is 0 Å². The van der Waals surface area contributed by atoms with E-state index in [0.29, 0.717) is 26.2 Å². The third kappa shape index (κ3) is 7.23. The highest BCUT2D eigenvalue weighted by molar-refractivity contribution is 5.68. The van der Waals surface area contributed by atoms with Crippen LogP contribution in [0.4, 0.5) is 4.79 Å². The van der Waals surface area contributed by atoms with Gasteiger partial charge in [0.15, 0.2) is 0 Å². The van der Waals surface area contributed by atoms with Gasteiger partial charge in [-0.15, -0.1) is 0 Å². The number of nitrogens with zero attached hydrogens (tertiary/aromatic N) is 2. The number of amides is 1. The van der Waals surface area contributed by atoms with Crippen molar-refractivity contribution in [1.29, 1.82) is 0 Å². The Kier molecular flexibility index (Phi) is 7.64. The van der Waals surface area contributed by atoms with Gasteiger partial charge in [0.25, 0.3) is 0 Å². The van der Waals surface area contributed by atoms with Crippen LogP contribution in [0.2, 0.25) is 0 Å². The molecule has 1 fully saturated rings. The molecule has 1 aliphatic rings. The van der Waals surface area contributed by atoms with Crippen molar-refractivity contribution in [2.45, 2.75) is 38.5 Å². The van der Waals surface area contributed by atoms with Crippen molar-refractivity contribution < 1.29 is 19.4 Å². The first kappa shape index (κ1) is 20.9. The van der Waals surface area contributed by atoms with Gasteiger partial charge in [-0.3, -0.25) is 9.69 Å². The number of carbonyl (C=O) groups is 2. The summed E-state index contributed by atoms with van der Waals surface area (Å²) in [6, 6.07) is 19.8. The van der Waals surface area contributed by atoms with Crippen LogP contribution in [-0.4, -0.2) is 52.6 Å². The maximum atomic E-state index is 12.6. The summed E-state index contributed by atoms with van der Waals surface area (Å²) in [6.07, 6.45) is 1.77. The molecule has 3 rings (SSSR count). The minimum Gasteiger partial charge on any atom is -0.481 e. The van der Waals surface area contributed by atoms with Crippen LogP contribution in [0.15, 0.2) is 60.7 Å². The van der Waals surface area contributed by atoms with Crippen LogP contribution >= 0.6 is 0 Å². The monoisotopic (exact) mass is 396 g/mol. The van der Waals surface area contributed by atoms with Crippen LogP contribution in [0.3, 0.4) is 0 Å². The zero-order chi connectivity index (χ0) is 20.5. The van der Waals surface area contributed by atoms with E-state index in [-0.39, 0.29) is 25.2 Å². The molecule has 0 spiro atoms. The molecule has 0 radical (unpaired) electrons. The smallest absolute Gasteiger partial charge is 0.410 e. The Bertz CT molecular complexity index is 778. The van der Waals surface area contributed by atoms with Gasteiger partial charge in [0, 0.05) is 32.2 Å². The van der Waals surface area contributed by atoms with Crippen LogP contribution in [0, 0.1) is 0 Å². The zero-order valence-electron chi connectivity index (χ0n) is 16.6. The second kappa shape index (κ2) is 10.6. The first-order chi connectivity index (χ1) is 14.1. The molecule has 1 N–H and O–H groups in total. The summed E-state index contributed by atoms with van der Waals surface area (Å²) >= 11 is 0. The molecule has 0 unspecified atom stereocenters. The van der Waals surface area contributed by atoms with Gasteiger partial charge in [-0.25, -0.2) is 4.79 Å². The number of carboxylic acid groups (broad SMARTS) is 1. The molecule has 1 saturated carbocycles. The lowest BCUT2D eigenvalue weighted by molar-refractivity contribution is -0.137. The van der Waals surface area contributed by atoms with E-state index in [9.17, 15) is 9.59 Å². The standard InChI is InChI=1S/C23H28N2O4/c26-22(27)13-14-24(17-19-7-3-1-4-8-19)15-16-25(21-11-12-21)23(28)29-18-20-9-5-2-6-10-20/h1-10,21H,11-18H2,(H,26,27). The largest absolute Gasteiger partial charge is 0.481 e. The minimum atomic E-state index is -0.815. The Morgan fingerprint density at radius 3 is 2.10 bits per heavy atom. The molecule has 0 heterocycles. The molecule has 6 nitrogen and oxygen atoms in total. The molecule has 1 amide bonds. The molecule has 2 aromatic carbocycles. The molecule has 0 saturated heterocycles. The molecule has 6 heteroatoms. The molecule has 0 aliphatic heterocycles. The van der Waals surface area contributed by atoms with E-state index in [4.69, 9.17) is 9.84 Å². The number of ether oxygens (including phenoxy) is 1. The highest BCUT2D eigenvalue weighted by atomic mass is 16.6. The lowest BCUT2D eigenvalue weighted by Crippen LogP contribution is -2.40. The second-order valence-electron chi connectivity index (χ2n) is 7.37. The molecular formula is C23H28N2O4. The van der Waals surface area contributed by atoms with E-state index in [2.05, 4.69) is 4.90 Å². The summed E-state index contributed by atoms with van der Waals surface area (Å²) in [6.45, 7) is 2.51. The van der Waals surface area contributed by atoms with Gasteiger partial charge >= 0.3 is 12.1 Å². The normalized spacial score (nSPS) is 13.3. The number of carbonyl (C=O) groups excluding carboxylic acids is 1. The molecule has 29 heavy (non-hydrogen) atoms. The predicted molar refractivity (Wildman–Crippen MR) is 110 cm³/mol. The van der Waals surface area contributed by atoms with Gasteiger partial charge < -0.3 is 14.7 Å². The Morgan fingerprint density at radius 2 is 1.52 bits per heavy atom. The zero-order valence-corrected chi connectivity index (χ0v) is 16.6. The van der Waals surface area contributed by atoms with Crippen LogP contribution in [0.1, 0.15) is 30.4 Å². The van der Waals surface area contributed by atoms with E-state index in [1.165, 1.54) is 0 Å². The van der Waals surface area contributed by atoms with Crippen LogP contribution in [-0.2, 0) is 22.7 Å². The number of hydrogen-bond donors (Lipinski definition) is 1. The first-order valence-electron chi connectivity index (χ1n) is 10.1. The van der Waals surface area contributed by atoms with Gasteiger partial charge in [-0.1, -0.05) is 60.7 Å². The summed E-state index contributed by atoms with van der Waals surface area (Å²) in [5.74, 6) is -0.815. The summed E-state index contributed by atoms with van der Waals surface area (Å²) in [5.41, 5.74) is 2.09. The van der Waals surface area contributed by atoms with Crippen LogP contribution < -0.4 is 0 Å². The fourth-order valence-corrected chi connectivity index (χ4v) is 3.23. The third-order valence-corrected chi connectivity index (χ3v) is 4.98. The predicted octanol–water partition coefficient (Wildman–Crippen LogP) is 3.76. The Hall–Kier alpha value is -2.86. The number of benzene rings is 2. The van der Waals surface area contributed by atoms with E-state index in [1.807, 2.05) is 60.7 Å². The first-order valence-corrected chi connectivity index (χ1v) is 10.1. The summed E-state index contributed by atoms with van der Waals surface area (Å²) in [7, 11) is 0. The topological polar surface area (TPSA) is 70.1 Å². The van der Waals surface area contributed by atoms with Gasteiger partial charge in [0.2, 0.25) is 0 Å². The average Bonchev–Trinajstić information content (AvgIpc) is 3.57. The van der Waals surface area contributed by atoms with Gasteiger partial charge in [0.05, 0.1) is 6.42 Å². The highest BCUT2D eigenvalue weighted by Crippen LogP contribution is 2.27. The fraction of sp³-hybridized carbons (Fsp3) is 0.391. The van der Waals surface area contributed by atoms with E-state index < -0.39 is 5.97 Å². The number of carboxylic acids is 1. The van der Waals surface area contributed by atoms with Crippen molar-refractivity contribution in [3.63, 3.8) is 0 Å². The minimum absolute atomic E-state index is 0.0781. The summed E-state index contributed by atoms with van der Waals surface area (Å²) in [4.78, 5) is 27.5. The van der Waals surface area contributed by atoms with E-state index in [0.717, 1.165) is 24.0 Å². The van der Waals surface area contributed by atoms with Crippen LogP contribution in [0.25, 0.3) is 0 Å². The second-order valence-corrected chi connectivity index (χ2v) is 7.37. The molecule has 1 aliphatic carbocycles. The van der Waals surface area contributed by atoms with Crippen molar-refractivity contribution in [2.24, 2.45) is 0 Å². The molecule has 0 bridgehead atoms. The Morgan fingerprint density at radius 1 is 0.897 bits per heavy atom. The molecule has 154 valence electrons. The van der Waals surface area contributed by atoms with Crippen LogP contribution in [0.5, 0.6) is 0 Å². The van der Waals surface area contributed by atoms with E-state index in [1.54, 1.807) is 4.90 Å². The van der Waals surface area contributed by atoms with Gasteiger partial charge in [-0.05, 0) is 24.0 Å². The molecule has 0 atom stereocenters.